The molecule has 1 aromatic heterocycles. The van der Waals surface area contributed by atoms with E-state index in [9.17, 15) is 14.4 Å². The van der Waals surface area contributed by atoms with Crippen LogP contribution in [-0.4, -0.2) is 12.1 Å². The van der Waals surface area contributed by atoms with Gasteiger partial charge in [0.05, 0.1) is 12.1 Å². The number of nitrogen functional groups attached to an aromatic ring is 1. The van der Waals surface area contributed by atoms with Crippen molar-refractivity contribution < 1.29 is 9.13 Å². The Kier molecular flexibility index (Phi) is 4.02. The number of nitriles is 2. The van der Waals surface area contributed by atoms with Crippen molar-refractivity contribution in [2.75, 3.05) is 12.8 Å². The maximum atomic E-state index is 14.5. The molecule has 0 unspecified atom stereocenters. The third-order valence-corrected chi connectivity index (χ3v) is 3.29. The molecular formula is C14H8ClFN4O2. The third kappa shape index (κ3) is 2.24. The summed E-state index contributed by atoms with van der Waals surface area (Å²) in [7, 11) is 1.22. The summed E-state index contributed by atoms with van der Waals surface area (Å²) in [5, 5.41) is 18.4. The van der Waals surface area contributed by atoms with Gasteiger partial charge < -0.3 is 15.5 Å². The van der Waals surface area contributed by atoms with E-state index in [2.05, 4.69) is 4.98 Å². The lowest BCUT2D eigenvalue weighted by molar-refractivity contribution is 0.387. The van der Waals surface area contributed by atoms with Crippen molar-refractivity contribution in [3.8, 4) is 29.0 Å². The van der Waals surface area contributed by atoms with Crippen LogP contribution in [0.2, 0.25) is 5.02 Å². The van der Waals surface area contributed by atoms with Gasteiger partial charge in [-0.3, -0.25) is 4.79 Å². The Morgan fingerprint density at radius 3 is 2.50 bits per heavy atom. The molecule has 22 heavy (non-hydrogen) atoms. The highest BCUT2D eigenvalue weighted by molar-refractivity contribution is 6.32. The number of hydrogen-bond acceptors (Lipinski definition) is 5. The van der Waals surface area contributed by atoms with Crippen LogP contribution in [0.25, 0.3) is 11.1 Å². The van der Waals surface area contributed by atoms with E-state index < -0.39 is 16.9 Å². The molecule has 0 aliphatic carbocycles. The minimum Gasteiger partial charge on any atom is -0.492 e. The summed E-state index contributed by atoms with van der Waals surface area (Å²) in [6, 6.07) is 5.99. The summed E-state index contributed by atoms with van der Waals surface area (Å²) in [5.74, 6) is -1.41. The summed E-state index contributed by atoms with van der Waals surface area (Å²) in [6.07, 6.45) is 0. The van der Waals surface area contributed by atoms with E-state index in [1.54, 1.807) is 12.1 Å². The minimum absolute atomic E-state index is 0.0126. The number of rotatable bonds is 2. The second-order valence-electron chi connectivity index (χ2n) is 4.16. The Hall–Kier alpha value is -3.03. The number of halogens is 2. The lowest BCUT2D eigenvalue weighted by atomic mass is 9.96. The molecule has 0 radical (unpaired) electrons. The van der Waals surface area contributed by atoms with Crippen molar-refractivity contribution in [3.05, 3.63) is 44.5 Å². The van der Waals surface area contributed by atoms with Gasteiger partial charge >= 0.3 is 0 Å². The zero-order valence-corrected chi connectivity index (χ0v) is 12.0. The minimum atomic E-state index is -0.895. The first kappa shape index (κ1) is 15.4. The van der Waals surface area contributed by atoms with Crippen LogP contribution in [0.5, 0.6) is 5.75 Å². The number of pyridine rings is 1. The highest BCUT2D eigenvalue weighted by atomic mass is 35.5. The fourth-order valence-corrected chi connectivity index (χ4v) is 2.25. The molecule has 0 aliphatic heterocycles. The van der Waals surface area contributed by atoms with Crippen LogP contribution >= 0.6 is 11.6 Å². The van der Waals surface area contributed by atoms with E-state index >= 15 is 0 Å². The molecule has 0 atom stereocenters. The quantitative estimate of drug-likeness (QED) is 0.880. The molecule has 0 amide bonds. The summed E-state index contributed by atoms with van der Waals surface area (Å²) >= 11 is 5.81. The van der Waals surface area contributed by atoms with Crippen LogP contribution in [0.3, 0.4) is 0 Å². The molecule has 1 heterocycles. The summed E-state index contributed by atoms with van der Waals surface area (Å²) in [6.45, 7) is 0. The predicted molar refractivity (Wildman–Crippen MR) is 77.9 cm³/mol. The number of ether oxygens (including phenoxy) is 1. The summed E-state index contributed by atoms with van der Waals surface area (Å²) in [4.78, 5) is 14.0. The monoisotopic (exact) mass is 318 g/mol. The van der Waals surface area contributed by atoms with Gasteiger partial charge in [0, 0.05) is 11.1 Å². The van der Waals surface area contributed by atoms with E-state index in [0.717, 1.165) is 0 Å². The number of nitrogens with zero attached hydrogens (tertiary/aromatic N) is 2. The Morgan fingerprint density at radius 1 is 1.32 bits per heavy atom. The van der Waals surface area contributed by atoms with Gasteiger partial charge in [0.25, 0.3) is 5.56 Å². The number of nitrogens with two attached hydrogens (primary N) is 1. The van der Waals surface area contributed by atoms with Gasteiger partial charge in [0.1, 0.15) is 29.1 Å². The van der Waals surface area contributed by atoms with E-state index in [1.807, 2.05) is 0 Å². The van der Waals surface area contributed by atoms with Crippen molar-refractivity contribution in [1.82, 2.24) is 4.98 Å². The molecule has 2 rings (SSSR count). The second-order valence-corrected chi connectivity index (χ2v) is 4.57. The van der Waals surface area contributed by atoms with Gasteiger partial charge in [0.15, 0.2) is 11.6 Å². The van der Waals surface area contributed by atoms with Gasteiger partial charge in [-0.1, -0.05) is 11.6 Å². The third-order valence-electron chi connectivity index (χ3n) is 2.99. The van der Waals surface area contributed by atoms with Gasteiger partial charge in [-0.25, -0.2) is 4.39 Å². The Balaban J connectivity index is 2.99. The van der Waals surface area contributed by atoms with Crippen molar-refractivity contribution in [2.24, 2.45) is 0 Å². The number of methoxy groups -OCH3 is 1. The molecule has 8 heteroatoms. The number of benzene rings is 1. The van der Waals surface area contributed by atoms with Crippen LogP contribution in [0.15, 0.2) is 16.9 Å². The van der Waals surface area contributed by atoms with Gasteiger partial charge in [-0.05, 0) is 12.1 Å². The number of H-pyrrole nitrogens is 1. The molecule has 0 aliphatic rings. The Bertz CT molecular complexity index is 909. The Morgan fingerprint density at radius 2 is 1.95 bits per heavy atom. The smallest absolute Gasteiger partial charge is 0.268 e. The average molecular weight is 319 g/mol. The molecule has 0 fully saturated rings. The normalized spacial score (nSPS) is 9.86. The number of anilines is 1. The van der Waals surface area contributed by atoms with Gasteiger partial charge in [-0.15, -0.1) is 0 Å². The van der Waals surface area contributed by atoms with Crippen LogP contribution in [-0.2, 0) is 0 Å². The van der Waals surface area contributed by atoms with E-state index in [0.29, 0.717) is 0 Å². The van der Waals surface area contributed by atoms with Crippen molar-refractivity contribution >= 4 is 17.4 Å². The Labute approximate surface area is 129 Å². The molecule has 0 saturated carbocycles. The first-order chi connectivity index (χ1) is 10.5. The molecule has 0 spiro atoms. The maximum absolute atomic E-state index is 14.5. The zero-order chi connectivity index (χ0) is 16.4. The average Bonchev–Trinajstić information content (AvgIpc) is 2.47. The lowest BCUT2D eigenvalue weighted by Crippen LogP contribution is -2.16. The van der Waals surface area contributed by atoms with E-state index in [1.165, 1.54) is 19.2 Å². The maximum Gasteiger partial charge on any atom is 0.268 e. The van der Waals surface area contributed by atoms with Gasteiger partial charge in [-0.2, -0.15) is 10.5 Å². The highest BCUT2D eigenvalue weighted by Gasteiger charge is 2.23. The largest absolute Gasteiger partial charge is 0.492 e. The first-order valence-electron chi connectivity index (χ1n) is 5.84. The number of aromatic amines is 1. The number of nitrogens with one attached hydrogen (secondary N) is 1. The van der Waals surface area contributed by atoms with Crippen LogP contribution in [0.1, 0.15) is 11.1 Å². The van der Waals surface area contributed by atoms with Crippen LogP contribution in [0.4, 0.5) is 10.2 Å². The molecular weight excluding hydrogens is 311 g/mol. The van der Waals surface area contributed by atoms with E-state index in [-0.39, 0.29) is 33.3 Å². The second kappa shape index (κ2) is 5.76. The fraction of sp³-hybridized carbons (Fsp3) is 0.0714. The standard InChI is InChI=1S/C14H8ClFN4O2/c1-22-12-9(15)3-2-6(11(12)16)10-7(4-17)13(19)20-14(21)8(10)5-18/h2-3H,1H3,(H3,19,20,21). The molecule has 0 bridgehead atoms. The zero-order valence-electron chi connectivity index (χ0n) is 11.2. The molecule has 3 N–H and O–H groups in total. The summed E-state index contributed by atoms with van der Waals surface area (Å²) in [5.41, 5.74) is 3.76. The highest BCUT2D eigenvalue weighted by Crippen LogP contribution is 2.37. The predicted octanol–water partition coefficient (Wildman–Crippen LogP) is 2.17. The molecule has 6 nitrogen and oxygen atoms in total. The lowest BCUT2D eigenvalue weighted by Gasteiger charge is -2.12. The van der Waals surface area contributed by atoms with Crippen molar-refractivity contribution in [1.29, 1.82) is 10.5 Å². The van der Waals surface area contributed by atoms with Gasteiger partial charge in [0.2, 0.25) is 0 Å². The van der Waals surface area contributed by atoms with E-state index in [4.69, 9.17) is 27.3 Å². The topological polar surface area (TPSA) is 116 Å². The molecule has 1 aromatic carbocycles. The first-order valence-corrected chi connectivity index (χ1v) is 6.22. The van der Waals surface area contributed by atoms with Crippen LogP contribution in [0, 0.1) is 28.5 Å². The molecule has 0 saturated heterocycles. The van der Waals surface area contributed by atoms with Crippen LogP contribution < -0.4 is 16.0 Å². The fourth-order valence-electron chi connectivity index (χ4n) is 2.03. The van der Waals surface area contributed by atoms with Crippen molar-refractivity contribution in [2.45, 2.75) is 0 Å². The SMILES string of the molecule is COc1c(Cl)ccc(-c2c(C#N)c(N)[nH]c(=O)c2C#N)c1F. The molecule has 110 valence electrons. The number of aromatic nitrogens is 1. The molecule has 2 aromatic rings. The van der Waals surface area contributed by atoms with Crippen molar-refractivity contribution in [3.63, 3.8) is 0 Å². The summed E-state index contributed by atoms with van der Waals surface area (Å²) < 4.78 is 19.4. The number of hydrogen-bond donors (Lipinski definition) is 2.